The zero-order valence-corrected chi connectivity index (χ0v) is 10.2. The first-order valence-electron chi connectivity index (χ1n) is 4.48. The Hall–Kier alpha value is -0.480. The molecule has 14 heavy (non-hydrogen) atoms. The summed E-state index contributed by atoms with van der Waals surface area (Å²) in [5.41, 5.74) is 1.15. The van der Waals surface area contributed by atoms with E-state index in [1.165, 1.54) is 0 Å². The molecule has 1 atom stereocenters. The van der Waals surface area contributed by atoms with Gasteiger partial charge >= 0.3 is 0 Å². The van der Waals surface area contributed by atoms with Gasteiger partial charge < -0.3 is 4.72 Å². The van der Waals surface area contributed by atoms with Gasteiger partial charge in [-0.25, -0.2) is 0 Å². The first-order chi connectivity index (χ1) is 6.75. The van der Waals surface area contributed by atoms with Gasteiger partial charge in [-0.2, -0.15) is 0 Å². The molecule has 4 heteroatoms. The Balaban J connectivity index is 2.19. The second kappa shape index (κ2) is 4.36. The molecular formula is C10H11BrN2S. The van der Waals surface area contributed by atoms with Crippen LogP contribution in [0.2, 0.25) is 0 Å². The van der Waals surface area contributed by atoms with Crippen LogP contribution in [0.4, 0.5) is 0 Å². The summed E-state index contributed by atoms with van der Waals surface area (Å²) in [6, 6.07) is 8.18. The van der Waals surface area contributed by atoms with Crippen molar-refractivity contribution in [3.05, 3.63) is 34.3 Å². The quantitative estimate of drug-likeness (QED) is 0.794. The van der Waals surface area contributed by atoms with Crippen LogP contribution in [0.25, 0.3) is 0 Å². The van der Waals surface area contributed by atoms with Crippen LogP contribution in [-0.4, -0.2) is 17.6 Å². The number of hydrogen-bond acceptors (Lipinski definition) is 3. The maximum Gasteiger partial charge on any atom is 0.138 e. The highest BCUT2D eigenvalue weighted by Gasteiger charge is 2.12. The molecular weight excluding hydrogens is 260 g/mol. The fourth-order valence-corrected chi connectivity index (χ4v) is 2.11. The van der Waals surface area contributed by atoms with Gasteiger partial charge in [-0.1, -0.05) is 28.1 Å². The summed E-state index contributed by atoms with van der Waals surface area (Å²) in [6.07, 6.45) is 0. The molecule has 74 valence electrons. The van der Waals surface area contributed by atoms with Gasteiger partial charge in [0.1, 0.15) is 5.84 Å². The molecule has 1 N–H and O–H groups in total. The average molecular weight is 271 g/mol. The highest BCUT2D eigenvalue weighted by atomic mass is 79.9. The number of benzene rings is 1. The van der Waals surface area contributed by atoms with Gasteiger partial charge in [-0.05, 0) is 31.0 Å². The van der Waals surface area contributed by atoms with Gasteiger partial charge in [0.25, 0.3) is 0 Å². The van der Waals surface area contributed by atoms with Crippen LogP contribution in [-0.2, 0) is 0 Å². The molecule has 0 bridgehead atoms. The molecule has 0 saturated carbocycles. The molecule has 0 fully saturated rings. The Bertz CT molecular complexity index is 348. The van der Waals surface area contributed by atoms with Crippen molar-refractivity contribution in [3.8, 4) is 0 Å². The minimum atomic E-state index is 0.564. The molecule has 1 aliphatic heterocycles. The summed E-state index contributed by atoms with van der Waals surface area (Å²) < 4.78 is 4.35. The van der Waals surface area contributed by atoms with E-state index in [0.29, 0.717) is 5.25 Å². The number of halogens is 1. The van der Waals surface area contributed by atoms with Gasteiger partial charge in [0, 0.05) is 15.3 Å². The van der Waals surface area contributed by atoms with E-state index in [9.17, 15) is 0 Å². The van der Waals surface area contributed by atoms with E-state index < -0.39 is 0 Å². The molecule has 2 rings (SSSR count). The number of nitrogens with one attached hydrogen (secondary N) is 1. The number of rotatable bonds is 1. The second-order valence-corrected chi connectivity index (χ2v) is 5.39. The minimum absolute atomic E-state index is 0.564. The van der Waals surface area contributed by atoms with Crippen LogP contribution in [0.15, 0.2) is 33.7 Å². The normalized spacial score (nSPS) is 21.3. The third-order valence-corrected chi connectivity index (χ3v) is 3.37. The predicted octanol–water partition coefficient (Wildman–Crippen LogP) is 2.84. The topological polar surface area (TPSA) is 24.4 Å². The highest BCUT2D eigenvalue weighted by Crippen LogP contribution is 2.16. The molecule has 0 saturated heterocycles. The van der Waals surface area contributed by atoms with Gasteiger partial charge in [0.05, 0.1) is 6.54 Å². The smallest absolute Gasteiger partial charge is 0.138 e. The fourth-order valence-electron chi connectivity index (χ4n) is 1.20. The van der Waals surface area contributed by atoms with Gasteiger partial charge in [0.2, 0.25) is 0 Å². The van der Waals surface area contributed by atoms with Crippen molar-refractivity contribution in [2.75, 3.05) is 6.54 Å². The summed E-state index contributed by atoms with van der Waals surface area (Å²) in [6.45, 7) is 3.06. The molecule has 1 unspecified atom stereocenters. The lowest BCUT2D eigenvalue weighted by Gasteiger charge is -2.18. The summed E-state index contributed by atoms with van der Waals surface area (Å²) in [5, 5.41) is 0.564. The zero-order valence-electron chi connectivity index (χ0n) is 7.83. The highest BCUT2D eigenvalue weighted by molar-refractivity contribution is 9.10. The number of hydrogen-bond donors (Lipinski definition) is 1. The molecule has 1 aromatic carbocycles. The van der Waals surface area contributed by atoms with Crippen molar-refractivity contribution in [2.24, 2.45) is 4.99 Å². The summed E-state index contributed by atoms with van der Waals surface area (Å²) in [5.74, 6) is 0.987. The Kier molecular flexibility index (Phi) is 3.13. The average Bonchev–Trinajstić information content (AvgIpc) is 2.21. The standard InChI is InChI=1S/C10H11BrN2S/c1-7-6-12-10(13-14-7)8-2-4-9(11)5-3-8/h2-5,7H,6H2,1H3,(H,12,13). The van der Waals surface area contributed by atoms with Crippen LogP contribution < -0.4 is 4.72 Å². The van der Waals surface area contributed by atoms with Gasteiger partial charge in [-0.3, -0.25) is 4.99 Å². The fraction of sp³-hybridized carbons (Fsp3) is 0.300. The molecule has 0 aliphatic carbocycles. The number of nitrogens with zero attached hydrogens (tertiary/aromatic N) is 1. The van der Waals surface area contributed by atoms with Crippen LogP contribution in [0.3, 0.4) is 0 Å². The summed E-state index contributed by atoms with van der Waals surface area (Å²) >= 11 is 5.15. The Morgan fingerprint density at radius 2 is 2.14 bits per heavy atom. The largest absolute Gasteiger partial charge is 0.314 e. The van der Waals surface area contributed by atoms with E-state index in [0.717, 1.165) is 22.4 Å². The first-order valence-corrected chi connectivity index (χ1v) is 6.15. The van der Waals surface area contributed by atoms with Crippen molar-refractivity contribution in [1.29, 1.82) is 0 Å². The summed E-state index contributed by atoms with van der Waals surface area (Å²) in [4.78, 5) is 4.48. The van der Waals surface area contributed by atoms with Crippen LogP contribution in [0.5, 0.6) is 0 Å². The van der Waals surface area contributed by atoms with Crippen LogP contribution in [0.1, 0.15) is 12.5 Å². The lowest BCUT2D eigenvalue weighted by atomic mass is 10.2. The third kappa shape index (κ3) is 2.30. The maximum absolute atomic E-state index is 4.48. The lowest BCUT2D eigenvalue weighted by molar-refractivity contribution is 0.927. The first kappa shape index (κ1) is 10.1. The molecule has 2 nitrogen and oxygen atoms in total. The predicted molar refractivity (Wildman–Crippen MR) is 65.7 cm³/mol. The second-order valence-electron chi connectivity index (χ2n) is 3.23. The van der Waals surface area contributed by atoms with E-state index in [4.69, 9.17) is 0 Å². The Morgan fingerprint density at radius 1 is 1.43 bits per heavy atom. The lowest BCUT2D eigenvalue weighted by Crippen LogP contribution is -2.27. The molecule has 1 aromatic rings. The Labute approximate surface area is 96.5 Å². The molecule has 1 heterocycles. The minimum Gasteiger partial charge on any atom is -0.314 e. The van der Waals surface area contributed by atoms with Gasteiger partial charge in [-0.15, -0.1) is 0 Å². The number of amidine groups is 1. The van der Waals surface area contributed by atoms with E-state index in [1.54, 1.807) is 11.9 Å². The number of aliphatic imine (C=N–C) groups is 1. The zero-order chi connectivity index (χ0) is 9.97. The molecule has 1 aliphatic rings. The molecule has 0 radical (unpaired) electrons. The van der Waals surface area contributed by atoms with Crippen molar-refractivity contribution < 1.29 is 0 Å². The maximum atomic E-state index is 4.48. The molecule has 0 spiro atoms. The third-order valence-electron chi connectivity index (χ3n) is 1.98. The van der Waals surface area contributed by atoms with Crippen molar-refractivity contribution >= 4 is 33.7 Å². The van der Waals surface area contributed by atoms with Crippen molar-refractivity contribution in [2.45, 2.75) is 12.2 Å². The monoisotopic (exact) mass is 270 g/mol. The van der Waals surface area contributed by atoms with Crippen molar-refractivity contribution in [1.82, 2.24) is 4.72 Å². The summed E-state index contributed by atoms with van der Waals surface area (Å²) in [7, 11) is 0. The van der Waals surface area contributed by atoms with E-state index >= 15 is 0 Å². The van der Waals surface area contributed by atoms with E-state index in [-0.39, 0.29) is 0 Å². The van der Waals surface area contributed by atoms with E-state index in [2.05, 4.69) is 44.7 Å². The Morgan fingerprint density at radius 3 is 2.71 bits per heavy atom. The molecule has 0 amide bonds. The van der Waals surface area contributed by atoms with Crippen molar-refractivity contribution in [3.63, 3.8) is 0 Å². The van der Waals surface area contributed by atoms with Crippen LogP contribution in [0, 0.1) is 0 Å². The van der Waals surface area contributed by atoms with Crippen LogP contribution >= 0.6 is 27.9 Å². The SMILES string of the molecule is CC1CN=C(c2ccc(Br)cc2)NS1. The molecule has 0 aromatic heterocycles. The van der Waals surface area contributed by atoms with E-state index in [1.807, 2.05) is 12.1 Å². The van der Waals surface area contributed by atoms with Gasteiger partial charge in [0.15, 0.2) is 0 Å².